The van der Waals surface area contributed by atoms with Crippen molar-refractivity contribution in [3.05, 3.63) is 101 Å². The fourth-order valence-corrected chi connectivity index (χ4v) is 4.96. The number of aromatic nitrogens is 3. The minimum absolute atomic E-state index is 0.00503. The van der Waals surface area contributed by atoms with Gasteiger partial charge in [-0.05, 0) is 58.1 Å². The molecule has 0 saturated heterocycles. The summed E-state index contributed by atoms with van der Waals surface area (Å²) in [7, 11) is 0. The Bertz CT molecular complexity index is 1480. The molecule has 0 atom stereocenters. The van der Waals surface area contributed by atoms with E-state index in [1.165, 1.54) is 22.3 Å². The van der Waals surface area contributed by atoms with E-state index in [0.29, 0.717) is 10.8 Å². The fourth-order valence-electron chi connectivity index (χ4n) is 4.77. The molecule has 1 aliphatic carbocycles. The molecular formula is C27H20ClN3. The summed E-state index contributed by atoms with van der Waals surface area (Å²) in [5.41, 5.74) is 9.32. The lowest BCUT2D eigenvalue weighted by Crippen LogP contribution is -2.14. The summed E-state index contributed by atoms with van der Waals surface area (Å²) in [5, 5.41) is 5.37. The minimum Gasteiger partial charge on any atom is -0.220 e. The van der Waals surface area contributed by atoms with E-state index < -0.39 is 0 Å². The van der Waals surface area contributed by atoms with Gasteiger partial charge in [0.2, 0.25) is 0 Å². The Kier molecular flexibility index (Phi) is 3.87. The summed E-state index contributed by atoms with van der Waals surface area (Å²) >= 11 is 6.18. The number of nitrogens with zero attached hydrogens (tertiary/aromatic N) is 3. The molecule has 3 nitrogen and oxygen atoms in total. The third-order valence-electron chi connectivity index (χ3n) is 6.34. The van der Waals surface area contributed by atoms with Crippen LogP contribution in [-0.2, 0) is 5.41 Å². The van der Waals surface area contributed by atoms with Crippen molar-refractivity contribution in [1.82, 2.24) is 14.6 Å². The molecule has 0 saturated carbocycles. The van der Waals surface area contributed by atoms with Crippen molar-refractivity contribution >= 4 is 17.2 Å². The van der Waals surface area contributed by atoms with Crippen LogP contribution in [0.25, 0.3) is 39.3 Å². The van der Waals surface area contributed by atoms with Gasteiger partial charge in [0.05, 0.1) is 0 Å². The summed E-state index contributed by atoms with van der Waals surface area (Å²) in [5.74, 6) is 0.669. The van der Waals surface area contributed by atoms with Gasteiger partial charge in [0.15, 0.2) is 11.5 Å². The summed E-state index contributed by atoms with van der Waals surface area (Å²) < 4.78 is 1.84. The zero-order chi connectivity index (χ0) is 21.2. The Morgan fingerprint density at radius 1 is 0.742 bits per heavy atom. The van der Waals surface area contributed by atoms with Gasteiger partial charge in [-0.2, -0.15) is 0 Å². The third-order valence-corrected chi connectivity index (χ3v) is 6.57. The second kappa shape index (κ2) is 6.53. The van der Waals surface area contributed by atoms with E-state index in [0.717, 1.165) is 22.3 Å². The lowest BCUT2D eigenvalue weighted by atomic mass is 9.82. The molecule has 0 amide bonds. The molecule has 2 heterocycles. The maximum atomic E-state index is 6.18. The number of hydrogen-bond donors (Lipinski definition) is 0. The molecule has 0 fully saturated rings. The van der Waals surface area contributed by atoms with Crippen molar-refractivity contribution < 1.29 is 0 Å². The number of halogens is 1. The number of hydrogen-bond acceptors (Lipinski definition) is 2. The average Bonchev–Trinajstić information content (AvgIpc) is 3.31. The smallest absolute Gasteiger partial charge is 0.182 e. The van der Waals surface area contributed by atoms with Gasteiger partial charge in [0.25, 0.3) is 0 Å². The van der Waals surface area contributed by atoms with E-state index in [2.05, 4.69) is 67.5 Å². The van der Waals surface area contributed by atoms with E-state index in [4.69, 9.17) is 16.6 Å². The lowest BCUT2D eigenvalue weighted by molar-refractivity contribution is 0.660. The van der Waals surface area contributed by atoms with Crippen LogP contribution in [0.4, 0.5) is 0 Å². The molecule has 31 heavy (non-hydrogen) atoms. The van der Waals surface area contributed by atoms with E-state index in [-0.39, 0.29) is 5.41 Å². The predicted molar refractivity (Wildman–Crippen MR) is 126 cm³/mol. The van der Waals surface area contributed by atoms with Crippen molar-refractivity contribution in [2.75, 3.05) is 0 Å². The maximum absolute atomic E-state index is 6.18. The number of fused-ring (bicyclic) bond motifs is 4. The topological polar surface area (TPSA) is 30.2 Å². The largest absolute Gasteiger partial charge is 0.220 e. The number of rotatable bonds is 2. The molecule has 1 aliphatic rings. The highest BCUT2D eigenvalue weighted by atomic mass is 35.5. The van der Waals surface area contributed by atoms with Gasteiger partial charge >= 0.3 is 0 Å². The third kappa shape index (κ3) is 2.74. The molecule has 0 bridgehead atoms. The molecule has 0 aliphatic heterocycles. The quantitative estimate of drug-likeness (QED) is 0.306. The van der Waals surface area contributed by atoms with Crippen LogP contribution < -0.4 is 0 Å². The van der Waals surface area contributed by atoms with E-state index in [1.54, 1.807) is 0 Å². The Morgan fingerprint density at radius 3 is 2.42 bits per heavy atom. The van der Waals surface area contributed by atoms with E-state index in [1.807, 2.05) is 41.0 Å². The summed E-state index contributed by atoms with van der Waals surface area (Å²) in [6, 6.07) is 27.3. The normalized spacial score (nSPS) is 13.9. The molecule has 4 heteroatoms. The first-order chi connectivity index (χ1) is 15.0. The van der Waals surface area contributed by atoms with Crippen LogP contribution in [0.2, 0.25) is 5.02 Å². The monoisotopic (exact) mass is 421 g/mol. The molecule has 0 unspecified atom stereocenters. The summed E-state index contributed by atoms with van der Waals surface area (Å²) in [4.78, 5) is 4.86. The standard InChI is InChI=1S/C27H20ClN3/c1-27(2)23-11-4-3-9-21(23)22-16-17(12-13-24(22)27)20-10-6-14-31-26(20)29-25(30-31)18-7-5-8-19(28)15-18/h3-16H,1-2H3. The highest BCUT2D eigenvalue weighted by molar-refractivity contribution is 6.30. The molecule has 3 aromatic carbocycles. The zero-order valence-electron chi connectivity index (χ0n) is 17.3. The molecule has 0 N–H and O–H groups in total. The van der Waals surface area contributed by atoms with Gasteiger partial charge in [0.1, 0.15) is 0 Å². The van der Waals surface area contributed by atoms with Crippen molar-refractivity contribution in [3.63, 3.8) is 0 Å². The maximum Gasteiger partial charge on any atom is 0.182 e. The van der Waals surface area contributed by atoms with Crippen LogP contribution in [0.5, 0.6) is 0 Å². The minimum atomic E-state index is 0.00503. The highest BCUT2D eigenvalue weighted by Gasteiger charge is 2.35. The first-order valence-electron chi connectivity index (χ1n) is 10.4. The van der Waals surface area contributed by atoms with Crippen LogP contribution >= 0.6 is 11.6 Å². The second-order valence-electron chi connectivity index (χ2n) is 8.57. The van der Waals surface area contributed by atoms with Crippen LogP contribution in [-0.4, -0.2) is 14.6 Å². The van der Waals surface area contributed by atoms with Gasteiger partial charge in [-0.1, -0.05) is 74.0 Å². The molecule has 150 valence electrons. The lowest BCUT2D eigenvalue weighted by Gasteiger charge is -2.21. The molecular weight excluding hydrogens is 402 g/mol. The van der Waals surface area contributed by atoms with Crippen LogP contribution in [0.3, 0.4) is 0 Å². The van der Waals surface area contributed by atoms with Gasteiger partial charge in [-0.15, -0.1) is 5.10 Å². The van der Waals surface area contributed by atoms with Crippen molar-refractivity contribution in [2.45, 2.75) is 19.3 Å². The summed E-state index contributed by atoms with van der Waals surface area (Å²) in [6.45, 7) is 4.60. The van der Waals surface area contributed by atoms with Crippen LogP contribution in [0.1, 0.15) is 25.0 Å². The Morgan fingerprint density at radius 2 is 1.55 bits per heavy atom. The van der Waals surface area contributed by atoms with Crippen LogP contribution in [0.15, 0.2) is 85.1 Å². The molecule has 2 aromatic heterocycles. The second-order valence-corrected chi connectivity index (χ2v) is 9.00. The van der Waals surface area contributed by atoms with Gasteiger partial charge in [0, 0.05) is 27.8 Å². The molecule has 6 rings (SSSR count). The van der Waals surface area contributed by atoms with E-state index >= 15 is 0 Å². The first kappa shape index (κ1) is 18.3. The zero-order valence-corrected chi connectivity index (χ0v) is 18.1. The van der Waals surface area contributed by atoms with Crippen LogP contribution in [0, 0.1) is 0 Å². The van der Waals surface area contributed by atoms with Crippen molar-refractivity contribution in [1.29, 1.82) is 0 Å². The predicted octanol–water partition coefficient (Wildman–Crippen LogP) is 7.02. The Hall–Kier alpha value is -3.43. The fraction of sp³-hybridized carbons (Fsp3) is 0.111. The number of benzene rings is 3. The molecule has 0 spiro atoms. The summed E-state index contributed by atoms with van der Waals surface area (Å²) in [6.07, 6.45) is 1.94. The SMILES string of the molecule is CC1(C)c2ccccc2-c2cc(-c3cccn4nc(-c5cccc(Cl)c5)nc34)ccc21. The van der Waals surface area contributed by atoms with E-state index in [9.17, 15) is 0 Å². The van der Waals surface area contributed by atoms with Crippen molar-refractivity contribution in [2.24, 2.45) is 0 Å². The van der Waals surface area contributed by atoms with Gasteiger partial charge in [-0.25, -0.2) is 9.50 Å². The number of pyridine rings is 1. The highest BCUT2D eigenvalue weighted by Crippen LogP contribution is 2.49. The first-order valence-corrected chi connectivity index (χ1v) is 10.8. The Balaban J connectivity index is 1.53. The van der Waals surface area contributed by atoms with Gasteiger partial charge in [-0.3, -0.25) is 0 Å². The molecule has 5 aromatic rings. The van der Waals surface area contributed by atoms with Crippen molar-refractivity contribution in [3.8, 4) is 33.6 Å². The molecule has 0 radical (unpaired) electrons. The van der Waals surface area contributed by atoms with Gasteiger partial charge < -0.3 is 0 Å². The average molecular weight is 422 g/mol. The Labute approximate surface area is 186 Å².